The lowest BCUT2D eigenvalue weighted by atomic mass is 10.2. The molecular formula is C14H14F2N4S. The number of benzene rings is 1. The van der Waals surface area contributed by atoms with Crippen molar-refractivity contribution in [2.24, 2.45) is 0 Å². The van der Waals surface area contributed by atoms with Crippen LogP contribution in [-0.4, -0.2) is 19.3 Å². The summed E-state index contributed by atoms with van der Waals surface area (Å²) >= 11 is 5.25. The Bertz CT molecular complexity index is 904. The second-order valence-corrected chi connectivity index (χ2v) is 5.28. The molecule has 1 N–H and O–H groups in total. The molecule has 1 aromatic carbocycles. The van der Waals surface area contributed by atoms with Gasteiger partial charge in [-0.1, -0.05) is 6.07 Å². The molecule has 0 aliphatic carbocycles. The fourth-order valence-corrected chi connectivity index (χ4v) is 2.76. The summed E-state index contributed by atoms with van der Waals surface area (Å²) in [5, 5.41) is 4.35. The van der Waals surface area contributed by atoms with Crippen molar-refractivity contribution in [3.05, 3.63) is 39.8 Å². The van der Waals surface area contributed by atoms with Crippen molar-refractivity contribution in [3.63, 3.8) is 0 Å². The monoisotopic (exact) mass is 308 g/mol. The Balaban J connectivity index is 2.49. The number of fused-ring (bicyclic) bond motifs is 1. The predicted molar refractivity (Wildman–Crippen MR) is 79.3 cm³/mol. The Labute approximate surface area is 125 Å². The SMILES string of the molecule is CCn1nc(C)c2[nH]c(=S)n(-c3c(F)ccc(C)c3F)c21. The lowest BCUT2D eigenvalue weighted by molar-refractivity contribution is 0.561. The lowest BCUT2D eigenvalue weighted by Gasteiger charge is -2.10. The van der Waals surface area contributed by atoms with Gasteiger partial charge >= 0.3 is 0 Å². The summed E-state index contributed by atoms with van der Waals surface area (Å²) in [4.78, 5) is 2.98. The summed E-state index contributed by atoms with van der Waals surface area (Å²) in [6.45, 7) is 5.91. The van der Waals surface area contributed by atoms with Gasteiger partial charge in [-0.05, 0) is 44.6 Å². The van der Waals surface area contributed by atoms with Crippen molar-refractivity contribution >= 4 is 23.4 Å². The fraction of sp³-hybridized carbons (Fsp3) is 0.286. The van der Waals surface area contributed by atoms with E-state index < -0.39 is 11.6 Å². The van der Waals surface area contributed by atoms with Gasteiger partial charge in [0.15, 0.2) is 16.2 Å². The van der Waals surface area contributed by atoms with Crippen molar-refractivity contribution in [1.29, 1.82) is 0 Å². The minimum atomic E-state index is -0.656. The highest BCUT2D eigenvalue weighted by atomic mass is 32.1. The number of aromatic nitrogens is 4. The number of nitrogens with one attached hydrogen (secondary N) is 1. The van der Waals surface area contributed by atoms with Gasteiger partial charge < -0.3 is 4.98 Å². The second-order valence-electron chi connectivity index (χ2n) is 4.89. The number of hydrogen-bond donors (Lipinski definition) is 1. The van der Waals surface area contributed by atoms with E-state index in [4.69, 9.17) is 12.2 Å². The van der Waals surface area contributed by atoms with Crippen molar-refractivity contribution in [1.82, 2.24) is 19.3 Å². The molecule has 0 radical (unpaired) electrons. The molecule has 0 aliphatic rings. The Hall–Kier alpha value is -2.02. The molecule has 7 heteroatoms. The number of H-pyrrole nitrogens is 1. The molecule has 0 saturated heterocycles. The number of imidazole rings is 1. The van der Waals surface area contributed by atoms with Crippen LogP contribution < -0.4 is 0 Å². The molecule has 0 atom stereocenters. The first-order valence-electron chi connectivity index (χ1n) is 6.58. The largest absolute Gasteiger partial charge is 0.327 e. The predicted octanol–water partition coefficient (Wildman–Crippen LogP) is 3.80. The maximum Gasteiger partial charge on any atom is 0.184 e. The molecular weight excluding hydrogens is 294 g/mol. The summed E-state index contributed by atoms with van der Waals surface area (Å²) in [5.41, 5.74) is 2.21. The van der Waals surface area contributed by atoms with Crippen molar-refractivity contribution in [3.8, 4) is 5.69 Å². The summed E-state index contributed by atoms with van der Waals surface area (Å²) in [7, 11) is 0. The molecule has 0 amide bonds. The van der Waals surface area contributed by atoms with E-state index in [-0.39, 0.29) is 10.5 Å². The van der Waals surface area contributed by atoms with Crippen LogP contribution in [0.1, 0.15) is 18.2 Å². The van der Waals surface area contributed by atoms with Crippen molar-refractivity contribution in [2.75, 3.05) is 0 Å². The first-order valence-corrected chi connectivity index (χ1v) is 6.99. The topological polar surface area (TPSA) is 38.5 Å². The number of rotatable bonds is 2. The third-order valence-corrected chi connectivity index (χ3v) is 3.82. The van der Waals surface area contributed by atoms with Gasteiger partial charge in [-0.3, -0.25) is 4.57 Å². The van der Waals surface area contributed by atoms with Crippen LogP contribution >= 0.6 is 12.2 Å². The van der Waals surface area contributed by atoms with Crippen molar-refractivity contribution in [2.45, 2.75) is 27.3 Å². The Morgan fingerprint density at radius 3 is 2.67 bits per heavy atom. The molecule has 0 aliphatic heterocycles. The molecule has 0 saturated carbocycles. The first-order chi connectivity index (χ1) is 9.95. The molecule has 110 valence electrons. The highest BCUT2D eigenvalue weighted by molar-refractivity contribution is 7.71. The Morgan fingerprint density at radius 2 is 2.00 bits per heavy atom. The third-order valence-electron chi connectivity index (χ3n) is 3.53. The van der Waals surface area contributed by atoms with Gasteiger partial charge in [0.05, 0.1) is 5.69 Å². The van der Waals surface area contributed by atoms with E-state index in [1.807, 2.05) is 13.8 Å². The molecule has 4 nitrogen and oxygen atoms in total. The van der Waals surface area contributed by atoms with E-state index in [9.17, 15) is 8.78 Å². The minimum Gasteiger partial charge on any atom is -0.327 e. The molecule has 2 heterocycles. The van der Waals surface area contributed by atoms with Crippen LogP contribution in [0.2, 0.25) is 0 Å². The average Bonchev–Trinajstić information content (AvgIpc) is 2.93. The van der Waals surface area contributed by atoms with Crippen LogP contribution in [0, 0.1) is 30.3 Å². The van der Waals surface area contributed by atoms with E-state index in [1.54, 1.807) is 11.6 Å². The molecule has 0 bridgehead atoms. The van der Waals surface area contributed by atoms with Crippen LogP contribution in [0.5, 0.6) is 0 Å². The van der Waals surface area contributed by atoms with E-state index >= 15 is 0 Å². The number of aromatic amines is 1. The van der Waals surface area contributed by atoms with Gasteiger partial charge in [0.25, 0.3) is 0 Å². The zero-order valence-corrected chi connectivity index (χ0v) is 12.7. The van der Waals surface area contributed by atoms with Crippen LogP contribution in [0.3, 0.4) is 0 Å². The minimum absolute atomic E-state index is 0.166. The van der Waals surface area contributed by atoms with Gasteiger partial charge in [0, 0.05) is 6.54 Å². The standard InChI is InChI=1S/C14H14F2N4S/c1-4-19-13-11(8(3)18-19)17-14(21)20(13)12-9(15)6-5-7(2)10(12)16/h5-6H,4H2,1-3H3,(H,17,21). The summed E-state index contributed by atoms with van der Waals surface area (Å²) in [5.74, 6) is -1.27. The normalized spacial score (nSPS) is 11.5. The Morgan fingerprint density at radius 1 is 1.29 bits per heavy atom. The molecule has 0 unspecified atom stereocenters. The number of nitrogens with zero attached hydrogens (tertiary/aromatic N) is 3. The molecule has 21 heavy (non-hydrogen) atoms. The second kappa shape index (κ2) is 4.77. The first kappa shape index (κ1) is 13.9. The number of aryl methyl sites for hydroxylation is 3. The molecule has 2 aromatic heterocycles. The lowest BCUT2D eigenvalue weighted by Crippen LogP contribution is -2.08. The highest BCUT2D eigenvalue weighted by Gasteiger charge is 2.21. The third kappa shape index (κ3) is 1.91. The molecule has 0 spiro atoms. The van der Waals surface area contributed by atoms with Crippen LogP contribution in [0.4, 0.5) is 8.78 Å². The highest BCUT2D eigenvalue weighted by Crippen LogP contribution is 2.27. The van der Waals surface area contributed by atoms with E-state index in [0.717, 1.165) is 5.69 Å². The van der Waals surface area contributed by atoms with Gasteiger partial charge in [0.1, 0.15) is 17.0 Å². The fourth-order valence-electron chi connectivity index (χ4n) is 2.48. The molecule has 0 fully saturated rings. The number of halogens is 2. The van der Waals surface area contributed by atoms with Gasteiger partial charge in [-0.15, -0.1) is 0 Å². The van der Waals surface area contributed by atoms with Crippen molar-refractivity contribution < 1.29 is 8.78 Å². The van der Waals surface area contributed by atoms with Gasteiger partial charge in [-0.2, -0.15) is 5.10 Å². The van der Waals surface area contributed by atoms with E-state index in [2.05, 4.69) is 10.1 Å². The van der Waals surface area contributed by atoms with E-state index in [0.29, 0.717) is 23.3 Å². The zero-order valence-electron chi connectivity index (χ0n) is 11.9. The van der Waals surface area contributed by atoms with Gasteiger partial charge in [0.2, 0.25) is 0 Å². The zero-order chi connectivity index (χ0) is 15.3. The van der Waals surface area contributed by atoms with Crippen LogP contribution in [0.25, 0.3) is 16.9 Å². The summed E-state index contributed by atoms with van der Waals surface area (Å²) in [6.07, 6.45) is 0. The Kier molecular flexibility index (Phi) is 3.16. The maximum absolute atomic E-state index is 14.4. The average molecular weight is 308 g/mol. The maximum atomic E-state index is 14.4. The smallest absolute Gasteiger partial charge is 0.184 e. The molecule has 3 aromatic rings. The quantitative estimate of drug-likeness (QED) is 0.731. The van der Waals surface area contributed by atoms with Gasteiger partial charge in [-0.25, -0.2) is 13.5 Å². The van der Waals surface area contributed by atoms with E-state index in [1.165, 1.54) is 16.7 Å². The molecule has 3 rings (SSSR count). The summed E-state index contributed by atoms with van der Waals surface area (Å²) < 4.78 is 31.9. The van der Waals surface area contributed by atoms with Crippen LogP contribution in [-0.2, 0) is 6.54 Å². The van der Waals surface area contributed by atoms with Crippen LogP contribution in [0.15, 0.2) is 12.1 Å². The number of hydrogen-bond acceptors (Lipinski definition) is 2. The summed E-state index contributed by atoms with van der Waals surface area (Å²) in [6, 6.07) is 2.65.